The highest BCUT2D eigenvalue weighted by Gasteiger charge is 2.14. The molecule has 2 aromatic carbocycles. The Kier molecular flexibility index (Phi) is 5.57. The standard InChI is InChI=1S/C20H21F2NO/c21-19-7-4-8-20(22)18(19)14-24-23-13-15-9-11-17(12-10-15)16-5-2-1-3-6-16/h4,7-13,16H,1-3,5-6,14H2. The van der Waals surface area contributed by atoms with Gasteiger partial charge >= 0.3 is 0 Å². The quantitative estimate of drug-likeness (QED) is 0.519. The number of hydrogen-bond acceptors (Lipinski definition) is 2. The molecule has 3 rings (SSSR count). The zero-order valence-corrected chi connectivity index (χ0v) is 13.6. The predicted molar refractivity (Wildman–Crippen MR) is 91.0 cm³/mol. The third kappa shape index (κ3) is 4.19. The highest BCUT2D eigenvalue weighted by atomic mass is 19.1. The molecule has 0 radical (unpaired) electrons. The Morgan fingerprint density at radius 2 is 1.62 bits per heavy atom. The summed E-state index contributed by atoms with van der Waals surface area (Å²) in [5.41, 5.74) is 2.17. The maximum atomic E-state index is 13.5. The van der Waals surface area contributed by atoms with Crippen LogP contribution in [0.1, 0.15) is 54.7 Å². The summed E-state index contributed by atoms with van der Waals surface area (Å²) in [5, 5.41) is 3.80. The number of rotatable bonds is 5. The highest BCUT2D eigenvalue weighted by molar-refractivity contribution is 5.79. The Labute approximate surface area is 141 Å². The number of halogens is 2. The van der Waals surface area contributed by atoms with Crippen LogP contribution in [-0.4, -0.2) is 6.21 Å². The molecular formula is C20H21F2NO. The van der Waals surface area contributed by atoms with E-state index >= 15 is 0 Å². The van der Waals surface area contributed by atoms with Gasteiger partial charge in [-0.15, -0.1) is 0 Å². The molecule has 1 aliphatic rings. The van der Waals surface area contributed by atoms with Crippen LogP contribution in [0, 0.1) is 11.6 Å². The Bertz CT molecular complexity index is 671. The second-order valence-electron chi connectivity index (χ2n) is 6.21. The molecule has 0 atom stereocenters. The first kappa shape index (κ1) is 16.6. The Balaban J connectivity index is 1.55. The second-order valence-corrected chi connectivity index (χ2v) is 6.21. The zero-order valence-electron chi connectivity index (χ0n) is 13.6. The Morgan fingerprint density at radius 3 is 2.29 bits per heavy atom. The average Bonchev–Trinajstić information content (AvgIpc) is 2.62. The van der Waals surface area contributed by atoms with Gasteiger partial charge < -0.3 is 4.84 Å². The molecule has 0 bridgehead atoms. The molecule has 4 heteroatoms. The van der Waals surface area contributed by atoms with E-state index in [2.05, 4.69) is 17.3 Å². The van der Waals surface area contributed by atoms with E-state index in [4.69, 9.17) is 4.84 Å². The minimum Gasteiger partial charge on any atom is -0.391 e. The van der Waals surface area contributed by atoms with Gasteiger partial charge in [0.15, 0.2) is 0 Å². The molecular weight excluding hydrogens is 308 g/mol. The van der Waals surface area contributed by atoms with E-state index in [9.17, 15) is 8.78 Å². The molecule has 0 N–H and O–H groups in total. The van der Waals surface area contributed by atoms with Crippen LogP contribution >= 0.6 is 0 Å². The van der Waals surface area contributed by atoms with Crippen LogP contribution in [0.4, 0.5) is 8.78 Å². The summed E-state index contributed by atoms with van der Waals surface area (Å²) in [6, 6.07) is 12.0. The largest absolute Gasteiger partial charge is 0.391 e. The fourth-order valence-corrected chi connectivity index (χ4v) is 3.16. The minimum absolute atomic E-state index is 0.109. The third-order valence-electron chi connectivity index (χ3n) is 4.56. The highest BCUT2D eigenvalue weighted by Crippen LogP contribution is 2.32. The molecule has 0 aromatic heterocycles. The van der Waals surface area contributed by atoms with Crippen LogP contribution in [0.5, 0.6) is 0 Å². The fraction of sp³-hybridized carbons (Fsp3) is 0.350. The Hall–Kier alpha value is -2.23. The van der Waals surface area contributed by atoms with Gasteiger partial charge in [0, 0.05) is 0 Å². The van der Waals surface area contributed by atoms with Crippen molar-refractivity contribution in [2.45, 2.75) is 44.6 Å². The van der Waals surface area contributed by atoms with Gasteiger partial charge in [0.25, 0.3) is 0 Å². The van der Waals surface area contributed by atoms with Crippen LogP contribution in [-0.2, 0) is 11.4 Å². The minimum atomic E-state index is -0.623. The second kappa shape index (κ2) is 8.04. The average molecular weight is 329 g/mol. The SMILES string of the molecule is Fc1cccc(F)c1CON=Cc1ccc(C2CCCCC2)cc1. The molecule has 0 saturated heterocycles. The lowest BCUT2D eigenvalue weighted by atomic mass is 9.84. The number of hydrogen-bond donors (Lipinski definition) is 0. The lowest BCUT2D eigenvalue weighted by molar-refractivity contribution is 0.126. The number of nitrogens with zero attached hydrogens (tertiary/aromatic N) is 1. The summed E-state index contributed by atoms with van der Waals surface area (Å²) >= 11 is 0. The lowest BCUT2D eigenvalue weighted by Gasteiger charge is -2.21. The molecule has 24 heavy (non-hydrogen) atoms. The van der Waals surface area contributed by atoms with Crippen LogP contribution in [0.2, 0.25) is 0 Å². The first-order chi connectivity index (χ1) is 11.7. The zero-order chi connectivity index (χ0) is 16.8. The summed E-state index contributed by atoms with van der Waals surface area (Å²) < 4.78 is 26.9. The topological polar surface area (TPSA) is 21.6 Å². The molecule has 2 aromatic rings. The van der Waals surface area contributed by atoms with E-state index < -0.39 is 11.6 Å². The fourth-order valence-electron chi connectivity index (χ4n) is 3.16. The van der Waals surface area contributed by atoms with Crippen LogP contribution in [0.15, 0.2) is 47.6 Å². The maximum Gasteiger partial charge on any atom is 0.147 e. The van der Waals surface area contributed by atoms with E-state index in [1.54, 1.807) is 6.21 Å². The molecule has 126 valence electrons. The molecule has 0 aliphatic heterocycles. The summed E-state index contributed by atoms with van der Waals surface area (Å²) in [4.78, 5) is 5.02. The summed E-state index contributed by atoms with van der Waals surface area (Å²) in [7, 11) is 0. The van der Waals surface area contributed by atoms with Gasteiger partial charge in [0.2, 0.25) is 0 Å². The van der Waals surface area contributed by atoms with Crippen molar-refractivity contribution in [2.24, 2.45) is 5.16 Å². The summed E-state index contributed by atoms with van der Waals surface area (Å²) in [6.07, 6.45) is 8.07. The van der Waals surface area contributed by atoms with E-state index in [-0.39, 0.29) is 12.2 Å². The molecule has 2 nitrogen and oxygen atoms in total. The van der Waals surface area contributed by atoms with E-state index in [1.807, 2.05) is 12.1 Å². The molecule has 1 fully saturated rings. The molecule has 0 heterocycles. The predicted octanol–water partition coefficient (Wildman–Crippen LogP) is 5.56. The lowest BCUT2D eigenvalue weighted by Crippen LogP contribution is -2.04. The van der Waals surface area contributed by atoms with E-state index in [1.165, 1.54) is 55.9 Å². The molecule has 0 unspecified atom stereocenters. The van der Waals surface area contributed by atoms with Crippen molar-refractivity contribution in [3.63, 3.8) is 0 Å². The van der Waals surface area contributed by atoms with Gasteiger partial charge in [-0.1, -0.05) is 54.8 Å². The molecule has 1 aliphatic carbocycles. The molecule has 1 saturated carbocycles. The molecule has 0 spiro atoms. The summed E-state index contributed by atoms with van der Waals surface area (Å²) in [5.74, 6) is -0.575. The monoisotopic (exact) mass is 329 g/mol. The van der Waals surface area contributed by atoms with Crippen molar-refractivity contribution in [2.75, 3.05) is 0 Å². The van der Waals surface area contributed by atoms with Gasteiger partial charge in [0.1, 0.15) is 18.2 Å². The normalized spacial score (nSPS) is 15.8. The van der Waals surface area contributed by atoms with Gasteiger partial charge in [0.05, 0.1) is 11.8 Å². The van der Waals surface area contributed by atoms with Crippen LogP contribution < -0.4 is 0 Å². The van der Waals surface area contributed by atoms with Crippen molar-refractivity contribution >= 4 is 6.21 Å². The van der Waals surface area contributed by atoms with Gasteiger partial charge in [-0.2, -0.15) is 0 Å². The van der Waals surface area contributed by atoms with Crippen molar-refractivity contribution in [3.8, 4) is 0 Å². The first-order valence-electron chi connectivity index (χ1n) is 8.42. The Morgan fingerprint density at radius 1 is 0.958 bits per heavy atom. The van der Waals surface area contributed by atoms with E-state index in [0.717, 1.165) is 5.56 Å². The number of benzene rings is 2. The van der Waals surface area contributed by atoms with E-state index in [0.29, 0.717) is 5.92 Å². The first-order valence-corrected chi connectivity index (χ1v) is 8.42. The van der Waals surface area contributed by atoms with Crippen molar-refractivity contribution in [1.29, 1.82) is 0 Å². The third-order valence-corrected chi connectivity index (χ3v) is 4.56. The van der Waals surface area contributed by atoms with Gasteiger partial charge in [-0.25, -0.2) is 8.78 Å². The summed E-state index contributed by atoms with van der Waals surface area (Å²) in [6.45, 7) is -0.227. The van der Waals surface area contributed by atoms with Crippen LogP contribution in [0.25, 0.3) is 0 Å². The van der Waals surface area contributed by atoms with Crippen molar-refractivity contribution in [1.82, 2.24) is 0 Å². The smallest absolute Gasteiger partial charge is 0.147 e. The number of oxime groups is 1. The maximum absolute atomic E-state index is 13.5. The van der Waals surface area contributed by atoms with Crippen LogP contribution in [0.3, 0.4) is 0 Å². The van der Waals surface area contributed by atoms with Crippen molar-refractivity contribution < 1.29 is 13.6 Å². The molecule has 0 amide bonds. The van der Waals surface area contributed by atoms with Gasteiger partial charge in [-0.05, 0) is 42.0 Å². The van der Waals surface area contributed by atoms with Gasteiger partial charge in [-0.3, -0.25) is 0 Å². The van der Waals surface area contributed by atoms with Crippen molar-refractivity contribution in [3.05, 3.63) is 70.8 Å².